The number of carbonyl (C=O) groups excluding carboxylic acids is 2. The molecule has 0 amide bonds. The molecule has 0 atom stereocenters. The van der Waals surface area contributed by atoms with E-state index in [1.165, 1.54) is 23.4 Å². The van der Waals surface area contributed by atoms with Gasteiger partial charge in [-0.3, -0.25) is 19.0 Å². The summed E-state index contributed by atoms with van der Waals surface area (Å²) in [6.45, 7) is 3.26. The van der Waals surface area contributed by atoms with Gasteiger partial charge in [0.1, 0.15) is 17.1 Å². The normalized spacial score (nSPS) is 11.9. The van der Waals surface area contributed by atoms with Crippen molar-refractivity contribution in [3.05, 3.63) is 80.5 Å². The molecular weight excluding hydrogens is 683 g/mol. The number of nitrogens with one attached hydrogen (secondary N) is 1. The van der Waals surface area contributed by atoms with Crippen LogP contribution in [0.3, 0.4) is 0 Å². The third-order valence-corrected chi connectivity index (χ3v) is 9.77. The lowest BCUT2D eigenvalue weighted by molar-refractivity contribution is -0.173. The van der Waals surface area contributed by atoms with Crippen LogP contribution in [-0.2, 0) is 53.5 Å². The van der Waals surface area contributed by atoms with Gasteiger partial charge in [-0.15, -0.1) is 23.1 Å². The van der Waals surface area contributed by atoms with Crippen LogP contribution >= 0.6 is 23.1 Å². The van der Waals surface area contributed by atoms with Gasteiger partial charge in [0, 0.05) is 29.0 Å². The minimum absolute atomic E-state index is 0.0383. The standard InChI is InChI=1S/C32H37N3O10S3/c1-32(2,3)30(38)45-19-44-25(36)17-34-28(37)26-23(15-33-48(6,40)41)27(20-11-13-22(14-12-20)43-18-42-4)47-29(26)35(31(34)39)16-21-9-7-8-10-24(21)46-5/h7-14,33H,15-19H2,1-6H3. The summed E-state index contributed by atoms with van der Waals surface area (Å²) in [6, 6.07) is 14.4. The highest BCUT2D eigenvalue weighted by atomic mass is 32.2. The number of esters is 2. The SMILES string of the molecule is COCOc1ccc(-c2sc3c(c2CNS(C)(=O)=O)c(=O)n(CC(=O)OCOC(=O)C(C)(C)C)c(=O)n3Cc2ccccc2SC)cc1. The van der Waals surface area contributed by atoms with Gasteiger partial charge in [0.2, 0.25) is 16.8 Å². The summed E-state index contributed by atoms with van der Waals surface area (Å²) in [7, 11) is -2.21. The van der Waals surface area contributed by atoms with E-state index in [0.717, 1.165) is 32.6 Å². The number of aromatic nitrogens is 2. The molecule has 0 radical (unpaired) electrons. The van der Waals surface area contributed by atoms with Crippen molar-refractivity contribution in [1.29, 1.82) is 0 Å². The Bertz CT molecular complexity index is 2030. The summed E-state index contributed by atoms with van der Waals surface area (Å²) >= 11 is 2.64. The predicted octanol–water partition coefficient (Wildman–Crippen LogP) is 3.78. The zero-order chi connectivity index (χ0) is 35.2. The van der Waals surface area contributed by atoms with E-state index in [1.807, 2.05) is 30.5 Å². The molecule has 4 rings (SSSR count). The van der Waals surface area contributed by atoms with E-state index in [9.17, 15) is 27.6 Å². The molecule has 0 aliphatic heterocycles. The fourth-order valence-electron chi connectivity index (χ4n) is 4.57. The number of thioether (sulfide) groups is 1. The van der Waals surface area contributed by atoms with Crippen molar-refractivity contribution in [3.8, 4) is 16.2 Å². The zero-order valence-corrected chi connectivity index (χ0v) is 29.8. The molecule has 48 heavy (non-hydrogen) atoms. The molecule has 0 spiro atoms. The monoisotopic (exact) mass is 719 g/mol. The van der Waals surface area contributed by atoms with Crippen molar-refractivity contribution in [2.75, 3.05) is 33.2 Å². The number of thiophene rings is 1. The molecule has 0 aliphatic carbocycles. The highest BCUT2D eigenvalue weighted by molar-refractivity contribution is 7.98. The lowest BCUT2D eigenvalue weighted by Crippen LogP contribution is -2.42. The van der Waals surface area contributed by atoms with Crippen molar-refractivity contribution in [2.24, 2.45) is 5.41 Å². The second-order valence-electron chi connectivity index (χ2n) is 11.6. The number of hydrogen-bond acceptors (Lipinski definition) is 12. The summed E-state index contributed by atoms with van der Waals surface area (Å²) in [4.78, 5) is 54.9. The number of ether oxygens (including phenoxy) is 4. The molecule has 0 unspecified atom stereocenters. The molecule has 0 fully saturated rings. The van der Waals surface area contributed by atoms with Gasteiger partial charge in [0.05, 0.1) is 23.6 Å². The van der Waals surface area contributed by atoms with Crippen LogP contribution in [0.1, 0.15) is 31.9 Å². The third kappa shape index (κ3) is 8.93. The van der Waals surface area contributed by atoms with E-state index >= 15 is 0 Å². The molecule has 1 N–H and O–H groups in total. The molecule has 0 bridgehead atoms. The molecule has 4 aromatic rings. The Morgan fingerprint density at radius 2 is 1.67 bits per heavy atom. The summed E-state index contributed by atoms with van der Waals surface area (Å²) in [5, 5.41) is 0.0686. The molecule has 13 nitrogen and oxygen atoms in total. The van der Waals surface area contributed by atoms with Crippen molar-refractivity contribution < 1.29 is 37.0 Å². The maximum Gasteiger partial charge on any atom is 0.332 e. The van der Waals surface area contributed by atoms with Crippen molar-refractivity contribution in [1.82, 2.24) is 13.9 Å². The fraction of sp³-hybridized carbons (Fsp3) is 0.375. The van der Waals surface area contributed by atoms with Crippen LogP contribution in [0.2, 0.25) is 0 Å². The van der Waals surface area contributed by atoms with Gasteiger partial charge in [-0.25, -0.2) is 22.5 Å². The molecular formula is C32H37N3O10S3. The minimum Gasteiger partial charge on any atom is -0.468 e. The first-order chi connectivity index (χ1) is 22.6. The summed E-state index contributed by atoms with van der Waals surface area (Å²) in [5.41, 5.74) is -0.656. The Balaban J connectivity index is 1.90. The first kappa shape index (κ1) is 36.9. The lowest BCUT2D eigenvalue weighted by atomic mass is 9.98. The van der Waals surface area contributed by atoms with Crippen molar-refractivity contribution in [3.63, 3.8) is 0 Å². The predicted molar refractivity (Wildman–Crippen MR) is 184 cm³/mol. The average Bonchev–Trinajstić information content (AvgIpc) is 3.42. The first-order valence-electron chi connectivity index (χ1n) is 14.5. The van der Waals surface area contributed by atoms with Crippen LogP contribution in [0.25, 0.3) is 20.7 Å². The number of rotatable bonds is 14. The number of hydrogen-bond donors (Lipinski definition) is 1. The largest absolute Gasteiger partial charge is 0.468 e. The highest BCUT2D eigenvalue weighted by Crippen LogP contribution is 2.38. The number of carbonyl (C=O) groups is 2. The van der Waals surface area contributed by atoms with Gasteiger partial charge < -0.3 is 18.9 Å². The van der Waals surface area contributed by atoms with Gasteiger partial charge in [-0.05, 0) is 68.5 Å². The van der Waals surface area contributed by atoms with E-state index in [-0.39, 0.29) is 25.3 Å². The number of nitrogens with zero attached hydrogens (tertiary/aromatic N) is 2. The van der Waals surface area contributed by atoms with Crippen LogP contribution in [0.15, 0.2) is 63.0 Å². The smallest absolute Gasteiger partial charge is 0.332 e. The molecule has 0 saturated carbocycles. The Kier molecular flexibility index (Phi) is 11.9. The average molecular weight is 720 g/mol. The van der Waals surface area contributed by atoms with E-state index in [2.05, 4.69) is 4.72 Å². The Labute approximate surface area is 285 Å². The number of benzene rings is 2. The molecule has 0 aliphatic rings. The van der Waals surface area contributed by atoms with E-state index in [0.29, 0.717) is 26.6 Å². The number of fused-ring (bicyclic) bond motifs is 1. The Morgan fingerprint density at radius 3 is 2.29 bits per heavy atom. The van der Waals surface area contributed by atoms with Gasteiger partial charge in [-0.1, -0.05) is 18.2 Å². The van der Waals surface area contributed by atoms with Crippen LogP contribution in [0.5, 0.6) is 5.75 Å². The van der Waals surface area contributed by atoms with Crippen LogP contribution in [-0.4, -0.2) is 62.7 Å². The molecule has 0 saturated heterocycles. The van der Waals surface area contributed by atoms with E-state index in [4.69, 9.17) is 18.9 Å². The Morgan fingerprint density at radius 1 is 0.979 bits per heavy atom. The molecule has 16 heteroatoms. The maximum absolute atomic E-state index is 14.1. The zero-order valence-electron chi connectivity index (χ0n) is 27.4. The van der Waals surface area contributed by atoms with Crippen LogP contribution < -0.4 is 20.7 Å². The van der Waals surface area contributed by atoms with Crippen molar-refractivity contribution in [2.45, 2.75) is 45.3 Å². The fourth-order valence-corrected chi connectivity index (χ4v) is 6.90. The van der Waals surface area contributed by atoms with Gasteiger partial charge in [0.25, 0.3) is 5.56 Å². The van der Waals surface area contributed by atoms with E-state index in [1.54, 1.807) is 45.0 Å². The van der Waals surface area contributed by atoms with Crippen LogP contribution in [0.4, 0.5) is 0 Å². The second-order valence-corrected chi connectivity index (χ2v) is 15.3. The topological polar surface area (TPSA) is 161 Å². The van der Waals surface area contributed by atoms with Gasteiger partial charge in [0.15, 0.2) is 6.79 Å². The molecule has 2 aromatic carbocycles. The van der Waals surface area contributed by atoms with Gasteiger partial charge >= 0.3 is 17.6 Å². The number of sulfonamides is 1. The molecule has 2 heterocycles. The minimum atomic E-state index is -3.71. The second kappa shape index (κ2) is 15.5. The van der Waals surface area contributed by atoms with Crippen LogP contribution in [0, 0.1) is 5.41 Å². The highest BCUT2D eigenvalue weighted by Gasteiger charge is 2.26. The molecule has 258 valence electrons. The summed E-state index contributed by atoms with van der Waals surface area (Å²) in [6.07, 6.45) is 2.90. The summed E-state index contributed by atoms with van der Waals surface area (Å²) in [5.74, 6) is -1.06. The maximum atomic E-state index is 14.1. The third-order valence-electron chi connectivity index (χ3n) is 6.96. The first-order valence-corrected chi connectivity index (χ1v) is 18.5. The molecule has 2 aromatic heterocycles. The van der Waals surface area contributed by atoms with Gasteiger partial charge in [-0.2, -0.15) is 0 Å². The number of methoxy groups -OCH3 is 1. The summed E-state index contributed by atoms with van der Waals surface area (Å²) < 4.78 is 49.6. The quantitative estimate of drug-likeness (QED) is 0.115. The van der Waals surface area contributed by atoms with E-state index < -0.39 is 52.0 Å². The Hall–Kier alpha value is -3.96. The van der Waals surface area contributed by atoms with Crippen molar-refractivity contribution >= 4 is 55.3 Å². The lowest BCUT2D eigenvalue weighted by Gasteiger charge is -2.16.